The van der Waals surface area contributed by atoms with Crippen LogP contribution in [0.1, 0.15) is 22.3 Å². The highest BCUT2D eigenvalue weighted by Gasteiger charge is 2.19. The van der Waals surface area contributed by atoms with Crippen LogP contribution in [0.3, 0.4) is 0 Å². The fourth-order valence-electron chi connectivity index (χ4n) is 5.10. The molecule has 5 rings (SSSR count). The average Bonchev–Trinajstić information content (AvgIpc) is 2.96. The molecule has 0 nitrogen and oxygen atoms in total. The third-order valence-corrected chi connectivity index (χ3v) is 7.87. The first-order valence-corrected chi connectivity index (χ1v) is 14.4. The maximum Gasteiger partial charge on any atom is 0.0181 e. The zero-order valence-electron chi connectivity index (χ0n) is 21.1. The van der Waals surface area contributed by atoms with Crippen LogP contribution in [0.5, 0.6) is 0 Å². The quantitative estimate of drug-likeness (QED) is 0.201. The summed E-state index contributed by atoms with van der Waals surface area (Å²) in [6, 6.07) is 35.1. The lowest BCUT2D eigenvalue weighted by atomic mass is 9.82. The Morgan fingerprint density at radius 3 is 1.70 bits per heavy atom. The van der Waals surface area contributed by atoms with Crippen molar-refractivity contribution < 1.29 is 0 Å². The highest BCUT2D eigenvalue weighted by molar-refractivity contribution is 7.97. The number of rotatable bonds is 8. The van der Waals surface area contributed by atoms with Crippen LogP contribution in [-0.4, -0.2) is 6.26 Å². The molecule has 0 aliphatic rings. The Hall–Kier alpha value is -3.46. The maximum absolute atomic E-state index is 4.45. The van der Waals surface area contributed by atoms with Gasteiger partial charge in [0.15, 0.2) is 0 Å². The topological polar surface area (TPSA) is 0 Å². The van der Waals surface area contributed by atoms with Gasteiger partial charge in [0.25, 0.3) is 0 Å². The molecule has 0 atom stereocenters. The molecule has 5 aromatic rings. The van der Waals surface area contributed by atoms with Crippen LogP contribution in [0.25, 0.3) is 56.3 Å². The van der Waals surface area contributed by atoms with E-state index in [0.29, 0.717) is 0 Å². The van der Waals surface area contributed by atoms with E-state index < -0.39 is 0 Å². The number of hydrogen-bond donors (Lipinski definition) is 1. The summed E-state index contributed by atoms with van der Waals surface area (Å²) in [5.41, 5.74) is 11.9. The van der Waals surface area contributed by atoms with Gasteiger partial charge < -0.3 is 0 Å². The smallest absolute Gasteiger partial charge is 0.0181 e. The van der Waals surface area contributed by atoms with Crippen molar-refractivity contribution in [2.75, 3.05) is 6.26 Å². The molecule has 2 heteroatoms. The summed E-state index contributed by atoms with van der Waals surface area (Å²) >= 11 is 6.29. The third kappa shape index (κ3) is 4.92. The molecule has 0 heterocycles. The molecule has 0 bridgehead atoms. The predicted octanol–water partition coefficient (Wildman–Crippen LogP) is 10.4. The molecule has 0 saturated heterocycles. The summed E-state index contributed by atoms with van der Waals surface area (Å²) in [4.78, 5) is 0. The van der Waals surface area contributed by atoms with Crippen LogP contribution in [0.2, 0.25) is 0 Å². The van der Waals surface area contributed by atoms with E-state index in [4.69, 9.17) is 0 Å². The van der Waals surface area contributed by atoms with Crippen LogP contribution >= 0.6 is 24.4 Å². The summed E-state index contributed by atoms with van der Waals surface area (Å²) in [7, 11) is 0. The van der Waals surface area contributed by atoms with Crippen molar-refractivity contribution in [3.05, 3.63) is 132 Å². The van der Waals surface area contributed by atoms with E-state index in [9.17, 15) is 0 Å². The molecule has 0 saturated carbocycles. The average molecular weight is 515 g/mol. The van der Waals surface area contributed by atoms with Crippen molar-refractivity contribution in [1.29, 1.82) is 0 Å². The van der Waals surface area contributed by atoms with Crippen molar-refractivity contribution in [3.63, 3.8) is 0 Å². The molecular weight excluding hydrogens is 485 g/mol. The second-order valence-corrected chi connectivity index (χ2v) is 10.3. The number of hydrogen-bond acceptors (Lipinski definition) is 2. The number of fused-ring (bicyclic) bond motifs is 1. The van der Waals surface area contributed by atoms with E-state index in [-0.39, 0.29) is 0 Å². The van der Waals surface area contributed by atoms with Gasteiger partial charge in [-0.1, -0.05) is 116 Å². The summed E-state index contributed by atoms with van der Waals surface area (Å²) in [6.45, 7) is 8.50. The van der Waals surface area contributed by atoms with E-state index in [2.05, 4.69) is 129 Å². The van der Waals surface area contributed by atoms with Gasteiger partial charge in [0.1, 0.15) is 0 Å². The van der Waals surface area contributed by atoms with Crippen LogP contribution < -0.4 is 0 Å². The van der Waals surface area contributed by atoms with E-state index in [0.717, 1.165) is 22.6 Å². The molecule has 0 N–H and O–H groups in total. The standard InChI is InChI=1S/C35H30S2/c1-4-30-31(5-2)35(28-17-13-25(14-18-28)23-37-3)33-21-29(26-9-7-6-8-10-26)19-20-32(33)34(30)27-15-11-24(22-36)12-16-27/h4-21,36H,1-2,22-23H2,3H3. The van der Waals surface area contributed by atoms with Crippen molar-refractivity contribution in [3.8, 4) is 33.4 Å². The molecule has 0 radical (unpaired) electrons. The Bertz CT molecular complexity index is 1560. The maximum atomic E-state index is 4.45. The molecule has 0 fully saturated rings. The van der Waals surface area contributed by atoms with Crippen LogP contribution in [0.4, 0.5) is 0 Å². The number of benzene rings is 5. The van der Waals surface area contributed by atoms with Gasteiger partial charge in [0.05, 0.1) is 0 Å². The van der Waals surface area contributed by atoms with Crippen molar-refractivity contribution >= 4 is 47.3 Å². The van der Waals surface area contributed by atoms with Gasteiger partial charge in [-0.3, -0.25) is 0 Å². The lowest BCUT2D eigenvalue weighted by molar-refractivity contribution is 1.42. The Morgan fingerprint density at radius 2 is 1.16 bits per heavy atom. The van der Waals surface area contributed by atoms with Crippen LogP contribution in [-0.2, 0) is 11.5 Å². The molecule has 0 amide bonds. The molecule has 5 aromatic carbocycles. The van der Waals surface area contributed by atoms with Crippen molar-refractivity contribution in [1.82, 2.24) is 0 Å². The summed E-state index contributed by atoms with van der Waals surface area (Å²) in [5, 5.41) is 2.43. The minimum Gasteiger partial charge on any atom is -0.175 e. The Labute approximate surface area is 230 Å². The van der Waals surface area contributed by atoms with Crippen LogP contribution in [0.15, 0.2) is 110 Å². The minimum absolute atomic E-state index is 0.721. The van der Waals surface area contributed by atoms with E-state index >= 15 is 0 Å². The summed E-state index contributed by atoms with van der Waals surface area (Å²) < 4.78 is 0. The van der Waals surface area contributed by atoms with Gasteiger partial charge in [0, 0.05) is 11.5 Å². The van der Waals surface area contributed by atoms with E-state index in [1.165, 1.54) is 55.3 Å². The zero-order valence-corrected chi connectivity index (χ0v) is 22.8. The molecule has 0 aliphatic carbocycles. The Balaban J connectivity index is 1.87. The molecular formula is C35H30S2. The molecule has 0 unspecified atom stereocenters. The highest BCUT2D eigenvalue weighted by Crippen LogP contribution is 2.44. The lowest BCUT2D eigenvalue weighted by Crippen LogP contribution is -1.97. The zero-order chi connectivity index (χ0) is 25.8. The minimum atomic E-state index is 0.721. The fourth-order valence-corrected chi connectivity index (χ4v) is 5.83. The summed E-state index contributed by atoms with van der Waals surface area (Å²) in [6.07, 6.45) is 6.11. The molecule has 0 aliphatic heterocycles. The third-order valence-electron chi connectivity index (χ3n) is 6.88. The van der Waals surface area contributed by atoms with Crippen LogP contribution in [0, 0.1) is 0 Å². The van der Waals surface area contributed by atoms with Gasteiger partial charge in [-0.15, -0.1) is 0 Å². The van der Waals surface area contributed by atoms with E-state index in [1.54, 1.807) is 0 Å². The van der Waals surface area contributed by atoms with Crippen molar-refractivity contribution in [2.45, 2.75) is 11.5 Å². The second-order valence-electron chi connectivity index (χ2n) is 9.10. The number of thioether (sulfide) groups is 1. The molecule has 0 spiro atoms. The summed E-state index contributed by atoms with van der Waals surface area (Å²) in [5.74, 6) is 1.73. The first kappa shape index (κ1) is 25.2. The fraction of sp³-hybridized carbons (Fsp3) is 0.0857. The Kier molecular flexibility index (Phi) is 7.69. The normalized spacial score (nSPS) is 11.0. The van der Waals surface area contributed by atoms with Gasteiger partial charge in [0.2, 0.25) is 0 Å². The van der Waals surface area contributed by atoms with Crippen molar-refractivity contribution in [2.24, 2.45) is 0 Å². The highest BCUT2D eigenvalue weighted by atomic mass is 32.2. The first-order chi connectivity index (χ1) is 18.2. The van der Waals surface area contributed by atoms with E-state index in [1.807, 2.05) is 23.9 Å². The largest absolute Gasteiger partial charge is 0.175 e. The predicted molar refractivity (Wildman–Crippen MR) is 170 cm³/mol. The Morgan fingerprint density at radius 1 is 0.622 bits per heavy atom. The second kappa shape index (κ2) is 11.3. The van der Waals surface area contributed by atoms with Gasteiger partial charge in [-0.25, -0.2) is 0 Å². The monoisotopic (exact) mass is 514 g/mol. The SMILES string of the molecule is C=Cc1c(C=C)c(-c2ccc(CSC)cc2)c2cc(-c3ccccc3)ccc2c1-c1ccc(CS)cc1. The molecule has 0 aromatic heterocycles. The molecule has 37 heavy (non-hydrogen) atoms. The first-order valence-electron chi connectivity index (χ1n) is 12.4. The molecule has 182 valence electrons. The van der Waals surface area contributed by atoms with Gasteiger partial charge >= 0.3 is 0 Å². The van der Waals surface area contributed by atoms with Gasteiger partial charge in [-0.2, -0.15) is 24.4 Å². The number of thiol groups is 1. The lowest BCUT2D eigenvalue weighted by Gasteiger charge is -2.21. The van der Waals surface area contributed by atoms with Gasteiger partial charge in [-0.05, 0) is 78.7 Å².